The Balaban J connectivity index is 1.60. The van der Waals surface area contributed by atoms with Gasteiger partial charge in [0.15, 0.2) is 0 Å². The van der Waals surface area contributed by atoms with Crippen LogP contribution in [0.3, 0.4) is 0 Å². The van der Waals surface area contributed by atoms with Crippen molar-refractivity contribution < 1.29 is 14.3 Å². The number of carbonyl (C=O) groups is 1. The number of rotatable bonds is 4. The van der Waals surface area contributed by atoms with Crippen molar-refractivity contribution in [2.45, 2.75) is 12.5 Å². The highest BCUT2D eigenvalue weighted by molar-refractivity contribution is 5.78. The molecule has 2 saturated heterocycles. The molecule has 2 aliphatic heterocycles. The Morgan fingerprint density at radius 2 is 2.14 bits per heavy atom. The van der Waals surface area contributed by atoms with Gasteiger partial charge in [0.2, 0.25) is 5.91 Å². The molecule has 5 nitrogen and oxygen atoms in total. The largest absolute Gasteiger partial charge is 0.497 e. The van der Waals surface area contributed by atoms with Crippen molar-refractivity contribution in [3.05, 3.63) is 29.8 Å². The first-order valence-corrected chi connectivity index (χ1v) is 7.51. The van der Waals surface area contributed by atoms with Gasteiger partial charge < -0.3 is 14.4 Å². The lowest BCUT2D eigenvalue weighted by atomic mass is 9.94. The minimum Gasteiger partial charge on any atom is -0.497 e. The summed E-state index contributed by atoms with van der Waals surface area (Å²) < 4.78 is 10.6. The molecule has 0 saturated carbocycles. The highest BCUT2D eigenvalue weighted by Gasteiger charge is 2.32. The molecule has 1 aromatic carbocycles. The van der Waals surface area contributed by atoms with E-state index >= 15 is 0 Å². The van der Waals surface area contributed by atoms with Gasteiger partial charge in [-0.3, -0.25) is 9.69 Å². The van der Waals surface area contributed by atoms with Crippen LogP contribution in [0.15, 0.2) is 24.3 Å². The molecule has 3 rings (SSSR count). The molecule has 1 atom stereocenters. The highest BCUT2D eigenvalue weighted by atomic mass is 16.5. The van der Waals surface area contributed by atoms with Crippen LogP contribution in [0.4, 0.5) is 0 Å². The van der Waals surface area contributed by atoms with Crippen molar-refractivity contribution in [3.8, 4) is 5.75 Å². The van der Waals surface area contributed by atoms with Gasteiger partial charge in [-0.2, -0.15) is 0 Å². The van der Waals surface area contributed by atoms with E-state index in [1.54, 1.807) is 7.11 Å². The summed E-state index contributed by atoms with van der Waals surface area (Å²) in [6, 6.07) is 8.47. The zero-order chi connectivity index (χ0) is 14.7. The summed E-state index contributed by atoms with van der Waals surface area (Å²) in [5.41, 5.74) is 1.23. The lowest BCUT2D eigenvalue weighted by Crippen LogP contribution is -2.50. The Labute approximate surface area is 125 Å². The molecule has 0 aliphatic carbocycles. The van der Waals surface area contributed by atoms with Gasteiger partial charge in [-0.05, 0) is 24.1 Å². The maximum atomic E-state index is 12.3. The molecule has 0 radical (unpaired) electrons. The molecule has 0 unspecified atom stereocenters. The van der Waals surface area contributed by atoms with Gasteiger partial charge in [0.05, 0.1) is 26.9 Å². The third kappa shape index (κ3) is 3.19. The predicted octanol–water partition coefficient (Wildman–Crippen LogP) is 1.30. The summed E-state index contributed by atoms with van der Waals surface area (Å²) in [6.07, 6.45) is 1.10. The second kappa shape index (κ2) is 6.45. The molecular formula is C16H22N2O3. The fraction of sp³-hybridized carbons (Fsp3) is 0.562. The van der Waals surface area contributed by atoms with Crippen LogP contribution in [0.1, 0.15) is 18.0 Å². The van der Waals surface area contributed by atoms with Crippen LogP contribution in [-0.2, 0) is 9.53 Å². The van der Waals surface area contributed by atoms with E-state index in [4.69, 9.17) is 9.47 Å². The number of benzene rings is 1. The molecule has 2 heterocycles. The van der Waals surface area contributed by atoms with E-state index in [0.717, 1.165) is 31.8 Å². The van der Waals surface area contributed by atoms with E-state index in [-0.39, 0.29) is 5.91 Å². The van der Waals surface area contributed by atoms with Gasteiger partial charge in [-0.1, -0.05) is 12.1 Å². The van der Waals surface area contributed by atoms with Crippen LogP contribution in [-0.4, -0.2) is 62.2 Å². The summed E-state index contributed by atoms with van der Waals surface area (Å²) in [5, 5.41) is 0. The second-order valence-electron chi connectivity index (χ2n) is 5.54. The summed E-state index contributed by atoms with van der Waals surface area (Å²) >= 11 is 0. The first-order valence-electron chi connectivity index (χ1n) is 7.51. The average molecular weight is 290 g/mol. The van der Waals surface area contributed by atoms with Gasteiger partial charge in [0.1, 0.15) is 5.75 Å². The molecule has 0 aromatic heterocycles. The lowest BCUT2D eigenvalue weighted by Gasteiger charge is -2.42. The highest BCUT2D eigenvalue weighted by Crippen LogP contribution is 2.34. The first-order chi connectivity index (χ1) is 10.3. The van der Waals surface area contributed by atoms with E-state index in [1.807, 2.05) is 17.0 Å². The predicted molar refractivity (Wildman–Crippen MR) is 79.3 cm³/mol. The van der Waals surface area contributed by atoms with Gasteiger partial charge in [-0.15, -0.1) is 0 Å². The summed E-state index contributed by atoms with van der Waals surface area (Å²) in [5.74, 6) is 1.09. The minimum absolute atomic E-state index is 0.214. The van der Waals surface area contributed by atoms with Crippen LogP contribution in [0, 0.1) is 0 Å². The van der Waals surface area contributed by atoms with Crippen LogP contribution in [0.25, 0.3) is 0 Å². The van der Waals surface area contributed by atoms with E-state index in [1.165, 1.54) is 5.56 Å². The molecule has 1 aromatic rings. The monoisotopic (exact) mass is 290 g/mol. The first kappa shape index (κ1) is 14.4. The quantitative estimate of drug-likeness (QED) is 0.838. The molecule has 21 heavy (non-hydrogen) atoms. The zero-order valence-corrected chi connectivity index (χ0v) is 12.5. The van der Waals surface area contributed by atoms with Crippen molar-refractivity contribution >= 4 is 5.91 Å². The Morgan fingerprint density at radius 1 is 1.33 bits per heavy atom. The third-order valence-corrected chi connectivity index (χ3v) is 4.31. The van der Waals surface area contributed by atoms with Crippen molar-refractivity contribution in [1.82, 2.24) is 9.80 Å². The fourth-order valence-corrected chi connectivity index (χ4v) is 2.94. The molecule has 0 bridgehead atoms. The molecule has 0 spiro atoms. The van der Waals surface area contributed by atoms with Gasteiger partial charge in [0.25, 0.3) is 0 Å². The number of likely N-dealkylation sites (tertiary alicyclic amines) is 1. The van der Waals surface area contributed by atoms with E-state index in [9.17, 15) is 4.79 Å². The number of hydrogen-bond donors (Lipinski definition) is 0. The van der Waals surface area contributed by atoms with Crippen molar-refractivity contribution in [2.75, 3.05) is 46.5 Å². The smallest absolute Gasteiger partial charge is 0.236 e. The zero-order valence-electron chi connectivity index (χ0n) is 12.5. The number of ether oxygens (including phenoxy) is 2. The van der Waals surface area contributed by atoms with Crippen molar-refractivity contribution in [3.63, 3.8) is 0 Å². The molecule has 5 heteroatoms. The standard InChI is InChI=1S/C16H22N2O3/c1-20-14-4-2-3-13(11-14)15-5-6-18(15)12-16(19)17-7-9-21-10-8-17/h2-4,11,15H,5-10,12H2,1H3/t15-/m0/s1. The number of nitrogens with zero attached hydrogens (tertiary/aromatic N) is 2. The van der Waals surface area contributed by atoms with E-state index in [2.05, 4.69) is 17.0 Å². The molecule has 2 fully saturated rings. The maximum absolute atomic E-state index is 12.3. The Bertz CT molecular complexity index is 500. The van der Waals surface area contributed by atoms with Gasteiger partial charge in [-0.25, -0.2) is 0 Å². The average Bonchev–Trinajstić information content (AvgIpc) is 2.52. The van der Waals surface area contributed by atoms with Crippen LogP contribution < -0.4 is 4.74 Å². The molecular weight excluding hydrogens is 268 g/mol. The number of carbonyl (C=O) groups excluding carboxylic acids is 1. The van der Waals surface area contributed by atoms with Crippen molar-refractivity contribution in [2.24, 2.45) is 0 Å². The van der Waals surface area contributed by atoms with E-state index < -0.39 is 0 Å². The minimum atomic E-state index is 0.214. The molecule has 114 valence electrons. The fourth-order valence-electron chi connectivity index (χ4n) is 2.94. The van der Waals surface area contributed by atoms with Crippen molar-refractivity contribution in [1.29, 1.82) is 0 Å². The number of methoxy groups -OCH3 is 1. The molecule has 0 N–H and O–H groups in total. The number of hydrogen-bond acceptors (Lipinski definition) is 4. The normalized spacial score (nSPS) is 22.7. The summed E-state index contributed by atoms with van der Waals surface area (Å²) in [6.45, 7) is 4.24. The SMILES string of the molecule is COc1cccc([C@@H]2CCN2CC(=O)N2CCOCC2)c1. The second-order valence-corrected chi connectivity index (χ2v) is 5.54. The lowest BCUT2D eigenvalue weighted by molar-refractivity contribution is -0.138. The Kier molecular flexibility index (Phi) is 4.41. The van der Waals surface area contributed by atoms with Crippen LogP contribution in [0.2, 0.25) is 0 Å². The Hall–Kier alpha value is -1.59. The maximum Gasteiger partial charge on any atom is 0.236 e. The van der Waals surface area contributed by atoms with E-state index in [0.29, 0.717) is 25.8 Å². The summed E-state index contributed by atoms with van der Waals surface area (Å²) in [7, 11) is 1.68. The van der Waals surface area contributed by atoms with Gasteiger partial charge >= 0.3 is 0 Å². The van der Waals surface area contributed by atoms with Gasteiger partial charge in [0, 0.05) is 25.7 Å². The third-order valence-electron chi connectivity index (χ3n) is 4.31. The van der Waals surface area contributed by atoms with Crippen LogP contribution in [0.5, 0.6) is 5.75 Å². The van der Waals surface area contributed by atoms with Crippen LogP contribution >= 0.6 is 0 Å². The molecule has 1 amide bonds. The number of amides is 1. The molecule has 2 aliphatic rings. The Morgan fingerprint density at radius 3 is 2.81 bits per heavy atom. The summed E-state index contributed by atoms with van der Waals surface area (Å²) in [4.78, 5) is 16.5. The topological polar surface area (TPSA) is 42.0 Å². The number of morpholine rings is 1.